The molecule has 2 aromatic heterocycles. The molecule has 0 aliphatic heterocycles. The smallest absolute Gasteiger partial charge is 0.173 e. The van der Waals surface area contributed by atoms with Crippen LogP contribution in [0.1, 0.15) is 37.3 Å². The number of aromatic nitrogens is 3. The number of anilines is 1. The van der Waals surface area contributed by atoms with Crippen LogP contribution in [-0.2, 0) is 0 Å². The van der Waals surface area contributed by atoms with Gasteiger partial charge in [0.1, 0.15) is 5.82 Å². The van der Waals surface area contributed by atoms with Crippen LogP contribution in [-0.4, -0.2) is 22.0 Å². The minimum Gasteiger partial charge on any atom is -0.372 e. The molecular weight excluding hydrogens is 324 g/mol. The van der Waals surface area contributed by atoms with Crippen LogP contribution in [0.25, 0.3) is 10.7 Å². The topological polar surface area (TPSA) is 50.7 Å². The second kappa shape index (κ2) is 5.54. The molecule has 1 saturated carbocycles. The maximum atomic E-state index is 4.78. The van der Waals surface area contributed by atoms with E-state index < -0.39 is 0 Å². The van der Waals surface area contributed by atoms with Crippen molar-refractivity contribution in [1.82, 2.24) is 15.0 Å². The Bertz CT molecular complexity index is 564. The lowest BCUT2D eigenvalue weighted by molar-refractivity contribution is 0.691. The Kier molecular flexibility index (Phi) is 3.79. The van der Waals surface area contributed by atoms with E-state index in [2.05, 4.69) is 31.2 Å². The molecular formula is C13H15BrN4S. The average Bonchev–Trinajstić information content (AvgIpc) is 3.12. The molecule has 6 heteroatoms. The number of thiazole rings is 1. The molecule has 0 saturated heterocycles. The number of halogens is 1. The molecule has 0 atom stereocenters. The first-order valence-electron chi connectivity index (χ1n) is 6.43. The molecule has 1 aliphatic rings. The van der Waals surface area contributed by atoms with Gasteiger partial charge in [-0.2, -0.15) is 0 Å². The van der Waals surface area contributed by atoms with Crippen molar-refractivity contribution in [2.75, 3.05) is 12.4 Å². The Hall–Kier alpha value is -1.01. The monoisotopic (exact) mass is 338 g/mol. The standard InChI is InChI=1S/C13H15BrN4S/c1-15-13-10(14)11(8-4-2-3-5-8)17-12(18-13)9-6-16-7-19-9/h6-8H,2-5H2,1H3,(H,15,17,18). The summed E-state index contributed by atoms with van der Waals surface area (Å²) in [6.07, 6.45) is 6.87. The van der Waals surface area contributed by atoms with Gasteiger partial charge in [0.2, 0.25) is 0 Å². The molecule has 0 bridgehead atoms. The highest BCUT2D eigenvalue weighted by Crippen LogP contribution is 2.39. The summed E-state index contributed by atoms with van der Waals surface area (Å²) in [5.41, 5.74) is 2.95. The van der Waals surface area contributed by atoms with E-state index in [1.807, 2.05) is 18.8 Å². The number of hydrogen-bond donors (Lipinski definition) is 1. The lowest BCUT2D eigenvalue weighted by Crippen LogP contribution is -2.05. The van der Waals surface area contributed by atoms with Crippen molar-refractivity contribution in [3.05, 3.63) is 21.9 Å². The van der Waals surface area contributed by atoms with Crippen molar-refractivity contribution in [2.24, 2.45) is 0 Å². The summed E-state index contributed by atoms with van der Waals surface area (Å²) in [5, 5.41) is 3.15. The van der Waals surface area contributed by atoms with E-state index in [1.54, 1.807) is 11.3 Å². The fraction of sp³-hybridized carbons (Fsp3) is 0.462. The maximum Gasteiger partial charge on any atom is 0.173 e. The van der Waals surface area contributed by atoms with Crippen LogP contribution in [0.2, 0.25) is 0 Å². The molecule has 1 N–H and O–H groups in total. The molecule has 1 fully saturated rings. The van der Waals surface area contributed by atoms with E-state index in [-0.39, 0.29) is 0 Å². The molecule has 2 heterocycles. The van der Waals surface area contributed by atoms with Gasteiger partial charge in [-0.15, -0.1) is 11.3 Å². The van der Waals surface area contributed by atoms with Gasteiger partial charge in [-0.1, -0.05) is 12.8 Å². The van der Waals surface area contributed by atoms with Gasteiger partial charge in [-0.25, -0.2) is 9.97 Å². The summed E-state index contributed by atoms with van der Waals surface area (Å²) in [7, 11) is 1.89. The van der Waals surface area contributed by atoms with Gasteiger partial charge in [0.15, 0.2) is 5.82 Å². The van der Waals surface area contributed by atoms with E-state index in [9.17, 15) is 0 Å². The highest BCUT2D eigenvalue weighted by Gasteiger charge is 2.24. The maximum absolute atomic E-state index is 4.78. The zero-order chi connectivity index (χ0) is 13.2. The van der Waals surface area contributed by atoms with Crippen LogP contribution < -0.4 is 5.32 Å². The SMILES string of the molecule is CNc1nc(-c2cncs2)nc(C2CCCC2)c1Br. The Balaban J connectivity index is 2.09. The summed E-state index contributed by atoms with van der Waals surface area (Å²) in [6.45, 7) is 0. The minimum atomic E-state index is 0.552. The van der Waals surface area contributed by atoms with Crippen LogP contribution in [0.3, 0.4) is 0 Å². The zero-order valence-corrected chi connectivity index (χ0v) is 13.1. The minimum absolute atomic E-state index is 0.552. The number of hydrogen-bond acceptors (Lipinski definition) is 5. The molecule has 2 aromatic rings. The lowest BCUT2D eigenvalue weighted by Gasteiger charge is -2.14. The number of rotatable bonds is 3. The van der Waals surface area contributed by atoms with E-state index >= 15 is 0 Å². The van der Waals surface area contributed by atoms with Crippen LogP contribution in [0, 0.1) is 0 Å². The molecule has 0 spiro atoms. The molecule has 0 unspecified atom stereocenters. The Labute approximate surface area is 124 Å². The van der Waals surface area contributed by atoms with Crippen molar-refractivity contribution < 1.29 is 0 Å². The average molecular weight is 339 g/mol. The highest BCUT2D eigenvalue weighted by atomic mass is 79.9. The Morgan fingerprint density at radius 3 is 2.74 bits per heavy atom. The van der Waals surface area contributed by atoms with Crippen LogP contribution in [0.4, 0.5) is 5.82 Å². The van der Waals surface area contributed by atoms with Gasteiger partial charge in [0.05, 0.1) is 20.6 Å². The summed E-state index contributed by atoms with van der Waals surface area (Å²) in [5.74, 6) is 2.19. The normalized spacial score (nSPS) is 15.9. The summed E-state index contributed by atoms with van der Waals surface area (Å²) >= 11 is 5.22. The van der Waals surface area contributed by atoms with Crippen LogP contribution in [0.5, 0.6) is 0 Å². The molecule has 0 amide bonds. The van der Waals surface area contributed by atoms with E-state index in [4.69, 9.17) is 4.98 Å². The largest absolute Gasteiger partial charge is 0.372 e. The second-order valence-electron chi connectivity index (χ2n) is 4.69. The van der Waals surface area contributed by atoms with Crippen molar-refractivity contribution >= 4 is 33.1 Å². The van der Waals surface area contributed by atoms with Crippen molar-refractivity contribution in [3.63, 3.8) is 0 Å². The van der Waals surface area contributed by atoms with Crippen LogP contribution >= 0.6 is 27.3 Å². The third-order valence-electron chi connectivity index (χ3n) is 3.51. The molecule has 100 valence electrons. The summed E-state index contributed by atoms with van der Waals surface area (Å²) < 4.78 is 1.01. The fourth-order valence-electron chi connectivity index (χ4n) is 2.54. The van der Waals surface area contributed by atoms with Gasteiger partial charge >= 0.3 is 0 Å². The molecule has 4 nitrogen and oxygen atoms in total. The Morgan fingerprint density at radius 1 is 1.32 bits per heavy atom. The third-order valence-corrected chi connectivity index (χ3v) is 5.06. The Morgan fingerprint density at radius 2 is 2.11 bits per heavy atom. The van der Waals surface area contributed by atoms with Crippen molar-refractivity contribution in [1.29, 1.82) is 0 Å². The van der Waals surface area contributed by atoms with Crippen molar-refractivity contribution in [2.45, 2.75) is 31.6 Å². The fourth-order valence-corrected chi connectivity index (χ4v) is 3.79. The van der Waals surface area contributed by atoms with Crippen molar-refractivity contribution in [3.8, 4) is 10.7 Å². The molecule has 1 aliphatic carbocycles. The predicted molar refractivity (Wildman–Crippen MR) is 81.6 cm³/mol. The molecule has 0 aromatic carbocycles. The quantitative estimate of drug-likeness (QED) is 0.916. The first-order chi connectivity index (χ1) is 9.29. The van der Waals surface area contributed by atoms with Gasteiger partial charge in [-0.3, -0.25) is 4.98 Å². The third kappa shape index (κ3) is 2.51. The predicted octanol–water partition coefficient (Wildman–Crippen LogP) is 4.06. The highest BCUT2D eigenvalue weighted by molar-refractivity contribution is 9.10. The second-order valence-corrected chi connectivity index (χ2v) is 6.37. The molecule has 19 heavy (non-hydrogen) atoms. The van der Waals surface area contributed by atoms with E-state index in [0.717, 1.165) is 26.7 Å². The van der Waals surface area contributed by atoms with Gasteiger partial charge < -0.3 is 5.32 Å². The van der Waals surface area contributed by atoms with Gasteiger partial charge in [0, 0.05) is 19.2 Å². The summed E-state index contributed by atoms with van der Waals surface area (Å²) in [4.78, 5) is 14.5. The number of nitrogens with one attached hydrogen (secondary N) is 1. The molecule has 0 radical (unpaired) electrons. The first kappa shape index (κ1) is 13.0. The first-order valence-corrected chi connectivity index (χ1v) is 8.11. The zero-order valence-electron chi connectivity index (χ0n) is 10.7. The van der Waals surface area contributed by atoms with E-state index in [1.165, 1.54) is 25.7 Å². The van der Waals surface area contributed by atoms with Crippen LogP contribution in [0.15, 0.2) is 16.2 Å². The molecule has 3 rings (SSSR count). The summed E-state index contributed by atoms with van der Waals surface area (Å²) in [6, 6.07) is 0. The van der Waals surface area contributed by atoms with Gasteiger partial charge in [-0.05, 0) is 28.8 Å². The number of nitrogens with zero attached hydrogens (tertiary/aromatic N) is 3. The lowest BCUT2D eigenvalue weighted by atomic mass is 10.0. The van der Waals surface area contributed by atoms with Gasteiger partial charge in [0.25, 0.3) is 0 Å². The van der Waals surface area contributed by atoms with E-state index in [0.29, 0.717) is 5.92 Å².